The molecule has 2 rings (SSSR count). The lowest BCUT2D eigenvalue weighted by atomic mass is 10.4. The van der Waals surface area contributed by atoms with E-state index in [0.717, 1.165) is 3.79 Å². The number of nitrogens with one attached hydrogen (secondary N) is 2. The quantitative estimate of drug-likeness (QED) is 0.789. The van der Waals surface area contributed by atoms with Gasteiger partial charge in [-0.2, -0.15) is 5.10 Å². The van der Waals surface area contributed by atoms with Crippen molar-refractivity contribution in [3.63, 3.8) is 0 Å². The molecule has 9 heteroatoms. The van der Waals surface area contributed by atoms with Gasteiger partial charge in [-0.05, 0) is 35.8 Å². The van der Waals surface area contributed by atoms with Gasteiger partial charge in [0.2, 0.25) is 0 Å². The summed E-state index contributed by atoms with van der Waals surface area (Å²) in [6.45, 7) is 3.45. The molecule has 2 heterocycles. The van der Waals surface area contributed by atoms with Crippen LogP contribution in [0.3, 0.4) is 0 Å². The molecule has 6 nitrogen and oxygen atoms in total. The number of nitrogens with zero attached hydrogens (tertiary/aromatic N) is 1. The van der Waals surface area contributed by atoms with Crippen LogP contribution in [0.4, 0.5) is 11.5 Å². The topological polar surface area (TPSA) is 101 Å². The van der Waals surface area contributed by atoms with Gasteiger partial charge in [0.15, 0.2) is 5.82 Å². The van der Waals surface area contributed by atoms with Gasteiger partial charge in [0, 0.05) is 4.88 Å². The first-order chi connectivity index (χ1) is 8.31. The van der Waals surface area contributed by atoms with E-state index < -0.39 is 10.0 Å². The van der Waals surface area contributed by atoms with Gasteiger partial charge in [-0.1, -0.05) is 0 Å². The van der Waals surface area contributed by atoms with Crippen LogP contribution >= 0.6 is 27.3 Å². The number of sulfonamides is 1. The molecule has 0 fully saturated rings. The highest BCUT2D eigenvalue weighted by molar-refractivity contribution is 9.11. The highest BCUT2D eigenvalue weighted by Crippen LogP contribution is 2.31. The number of anilines is 2. The molecule has 0 aromatic carbocycles. The van der Waals surface area contributed by atoms with E-state index in [4.69, 9.17) is 5.73 Å². The number of nitrogens with two attached hydrogens (primary N) is 1. The van der Waals surface area contributed by atoms with Gasteiger partial charge < -0.3 is 5.73 Å². The maximum Gasteiger partial charge on any atom is 0.264 e. The van der Waals surface area contributed by atoms with Crippen LogP contribution < -0.4 is 10.5 Å². The van der Waals surface area contributed by atoms with Gasteiger partial charge in [-0.15, -0.1) is 11.3 Å². The van der Waals surface area contributed by atoms with Crippen LogP contribution in [0.15, 0.2) is 14.7 Å². The first kappa shape index (κ1) is 13.4. The smallest absolute Gasteiger partial charge is 0.264 e. The predicted molar refractivity (Wildman–Crippen MR) is 75.3 cm³/mol. The van der Waals surface area contributed by atoms with Gasteiger partial charge in [0.05, 0.1) is 15.2 Å². The summed E-state index contributed by atoms with van der Waals surface area (Å²) in [5.41, 5.74) is 6.62. The number of aryl methyl sites for hydroxylation is 2. The van der Waals surface area contributed by atoms with E-state index in [-0.39, 0.29) is 10.7 Å². The zero-order valence-electron chi connectivity index (χ0n) is 9.61. The first-order valence-electron chi connectivity index (χ1n) is 4.90. The average Bonchev–Trinajstić information content (AvgIpc) is 2.75. The molecule has 0 amide bonds. The van der Waals surface area contributed by atoms with Crippen LogP contribution in [0.25, 0.3) is 0 Å². The molecule has 2 aromatic heterocycles. The number of hydrogen-bond donors (Lipinski definition) is 3. The molecule has 0 bridgehead atoms. The number of hydrogen-bond acceptors (Lipinski definition) is 5. The van der Waals surface area contributed by atoms with Crippen molar-refractivity contribution >= 4 is 48.8 Å². The predicted octanol–water partition coefficient (Wildman–Crippen LogP) is 2.23. The Balaban J connectivity index is 2.39. The zero-order chi connectivity index (χ0) is 13.5. The van der Waals surface area contributed by atoms with Gasteiger partial charge in [0.1, 0.15) is 4.90 Å². The number of aromatic amines is 1. The second kappa shape index (κ2) is 4.56. The molecule has 2 aromatic rings. The molecule has 0 aliphatic heterocycles. The van der Waals surface area contributed by atoms with Crippen LogP contribution in [0, 0.1) is 13.8 Å². The van der Waals surface area contributed by atoms with Gasteiger partial charge in [-0.3, -0.25) is 9.82 Å². The summed E-state index contributed by atoms with van der Waals surface area (Å²) < 4.78 is 27.4. The molecule has 0 atom stereocenters. The Morgan fingerprint density at radius 3 is 2.61 bits per heavy atom. The second-order valence-corrected chi connectivity index (χ2v) is 7.97. The standard InChI is InChI=1S/C9H11BrN4O2S2/c1-4-8(11)9(13-12-4)14-18(15,16)6-3-7(10)17-5(6)2/h3H,11H2,1-2H3,(H2,12,13,14). The summed E-state index contributed by atoms with van der Waals surface area (Å²) in [7, 11) is -3.66. The van der Waals surface area contributed by atoms with E-state index in [9.17, 15) is 8.42 Å². The summed E-state index contributed by atoms with van der Waals surface area (Å²) in [5, 5.41) is 6.44. The van der Waals surface area contributed by atoms with Crippen molar-refractivity contribution in [2.24, 2.45) is 0 Å². The monoisotopic (exact) mass is 350 g/mol. The fraction of sp³-hybridized carbons (Fsp3) is 0.222. The summed E-state index contributed by atoms with van der Waals surface area (Å²) >= 11 is 4.61. The van der Waals surface area contributed by atoms with Crippen LogP contribution in [0.2, 0.25) is 0 Å². The Bertz CT molecular complexity index is 689. The van der Waals surface area contributed by atoms with Crippen molar-refractivity contribution in [3.8, 4) is 0 Å². The molecular weight excluding hydrogens is 340 g/mol. The summed E-state index contributed by atoms with van der Waals surface area (Å²) in [5.74, 6) is 0.120. The number of H-pyrrole nitrogens is 1. The number of thiophene rings is 1. The van der Waals surface area contributed by atoms with E-state index in [1.54, 1.807) is 19.9 Å². The third kappa shape index (κ3) is 2.38. The molecule has 0 saturated heterocycles. The van der Waals surface area contributed by atoms with Crippen LogP contribution in [-0.4, -0.2) is 18.6 Å². The van der Waals surface area contributed by atoms with Crippen molar-refractivity contribution in [2.45, 2.75) is 18.7 Å². The minimum absolute atomic E-state index is 0.120. The molecule has 0 aliphatic rings. The van der Waals surface area contributed by atoms with Gasteiger partial charge in [0.25, 0.3) is 10.0 Å². The highest BCUT2D eigenvalue weighted by Gasteiger charge is 2.22. The van der Waals surface area contributed by atoms with Gasteiger partial charge >= 0.3 is 0 Å². The van der Waals surface area contributed by atoms with Crippen molar-refractivity contribution in [1.29, 1.82) is 0 Å². The Hall–Kier alpha value is -1.06. The van der Waals surface area contributed by atoms with E-state index >= 15 is 0 Å². The molecule has 18 heavy (non-hydrogen) atoms. The summed E-state index contributed by atoms with van der Waals surface area (Å²) in [4.78, 5) is 0.916. The average molecular weight is 351 g/mol. The van der Waals surface area contributed by atoms with E-state index in [0.29, 0.717) is 16.3 Å². The number of rotatable bonds is 3. The Labute approximate surface area is 117 Å². The lowest BCUT2D eigenvalue weighted by molar-refractivity contribution is 0.601. The summed E-state index contributed by atoms with van der Waals surface area (Å²) in [6, 6.07) is 1.55. The lowest BCUT2D eigenvalue weighted by Crippen LogP contribution is -2.14. The number of nitrogen functional groups attached to an aromatic ring is 1. The van der Waals surface area contributed by atoms with Crippen molar-refractivity contribution in [3.05, 3.63) is 20.4 Å². The maximum absolute atomic E-state index is 12.2. The molecule has 0 saturated carbocycles. The fourth-order valence-corrected chi connectivity index (χ4v) is 4.83. The number of halogens is 1. The minimum atomic E-state index is -3.66. The largest absolute Gasteiger partial charge is 0.394 e. The molecule has 0 unspecified atom stereocenters. The Morgan fingerprint density at radius 1 is 1.50 bits per heavy atom. The van der Waals surface area contributed by atoms with E-state index in [2.05, 4.69) is 30.8 Å². The Kier molecular flexibility index (Phi) is 3.39. The number of aromatic nitrogens is 2. The second-order valence-electron chi connectivity index (χ2n) is 3.69. The lowest BCUT2D eigenvalue weighted by Gasteiger charge is -2.05. The molecule has 0 aliphatic carbocycles. The van der Waals surface area contributed by atoms with Crippen LogP contribution in [0.1, 0.15) is 10.6 Å². The molecule has 0 spiro atoms. The zero-order valence-corrected chi connectivity index (χ0v) is 12.8. The van der Waals surface area contributed by atoms with Crippen LogP contribution in [0.5, 0.6) is 0 Å². The van der Waals surface area contributed by atoms with Gasteiger partial charge in [-0.25, -0.2) is 8.42 Å². The molecule has 0 radical (unpaired) electrons. The molecule has 4 N–H and O–H groups in total. The SMILES string of the molecule is Cc1[nH]nc(NS(=O)(=O)c2cc(Br)sc2C)c1N. The van der Waals surface area contributed by atoms with E-state index in [1.807, 2.05) is 0 Å². The third-order valence-electron chi connectivity index (χ3n) is 2.36. The normalized spacial score (nSPS) is 11.7. The maximum atomic E-state index is 12.2. The Morgan fingerprint density at radius 2 is 2.17 bits per heavy atom. The highest BCUT2D eigenvalue weighted by atomic mass is 79.9. The van der Waals surface area contributed by atoms with Crippen LogP contribution in [-0.2, 0) is 10.0 Å². The third-order valence-corrected chi connectivity index (χ3v) is 5.51. The van der Waals surface area contributed by atoms with Crippen molar-refractivity contribution in [2.75, 3.05) is 10.5 Å². The van der Waals surface area contributed by atoms with Crippen molar-refractivity contribution in [1.82, 2.24) is 10.2 Å². The van der Waals surface area contributed by atoms with Crippen molar-refractivity contribution < 1.29 is 8.42 Å². The first-order valence-corrected chi connectivity index (χ1v) is 7.99. The summed E-state index contributed by atoms with van der Waals surface area (Å²) in [6.07, 6.45) is 0. The molecular formula is C9H11BrN4O2S2. The fourth-order valence-electron chi connectivity index (χ4n) is 1.40. The minimum Gasteiger partial charge on any atom is -0.394 e. The molecule has 98 valence electrons. The van der Waals surface area contributed by atoms with E-state index in [1.165, 1.54) is 11.3 Å².